The lowest BCUT2D eigenvalue weighted by atomic mass is 10.1. The summed E-state index contributed by atoms with van der Waals surface area (Å²) < 4.78 is 5.90. The SMILES string of the molecule is Cc1ccc(C)c(OCCC[NH+]2CCCCC2)c1. The standard InChI is InChI=1S/C16H25NO/c1-14-7-8-15(2)16(13-14)18-12-6-11-17-9-4-3-5-10-17/h7-8,13H,3-6,9-12H2,1-2H3/p+1. The number of nitrogens with one attached hydrogen (secondary N) is 1. The summed E-state index contributed by atoms with van der Waals surface area (Å²) in [5.41, 5.74) is 2.52. The minimum absolute atomic E-state index is 0.855. The summed E-state index contributed by atoms with van der Waals surface area (Å²) in [5, 5.41) is 0. The summed E-state index contributed by atoms with van der Waals surface area (Å²) in [6.07, 6.45) is 5.42. The molecule has 2 nitrogen and oxygen atoms in total. The van der Waals surface area contributed by atoms with Crippen LogP contribution in [0.5, 0.6) is 5.75 Å². The molecule has 0 amide bonds. The highest BCUT2D eigenvalue weighted by atomic mass is 16.5. The molecule has 0 bridgehead atoms. The van der Waals surface area contributed by atoms with E-state index in [-0.39, 0.29) is 0 Å². The van der Waals surface area contributed by atoms with Gasteiger partial charge in [0, 0.05) is 6.42 Å². The fraction of sp³-hybridized carbons (Fsp3) is 0.625. The minimum atomic E-state index is 0.855. The Bertz CT molecular complexity index is 369. The highest BCUT2D eigenvalue weighted by molar-refractivity contribution is 5.35. The molecule has 0 spiro atoms. The first-order valence-corrected chi connectivity index (χ1v) is 7.29. The number of likely N-dealkylation sites (tertiary alicyclic amines) is 1. The molecule has 1 saturated heterocycles. The van der Waals surface area contributed by atoms with Crippen molar-refractivity contribution in [2.24, 2.45) is 0 Å². The second kappa shape index (κ2) is 6.79. The van der Waals surface area contributed by atoms with Gasteiger partial charge < -0.3 is 9.64 Å². The number of aryl methyl sites for hydroxylation is 2. The minimum Gasteiger partial charge on any atom is -0.493 e. The van der Waals surface area contributed by atoms with E-state index in [0.29, 0.717) is 0 Å². The van der Waals surface area contributed by atoms with Crippen molar-refractivity contribution in [3.05, 3.63) is 29.3 Å². The summed E-state index contributed by atoms with van der Waals surface area (Å²) in [6, 6.07) is 6.42. The molecule has 1 fully saturated rings. The number of quaternary nitrogens is 1. The highest BCUT2D eigenvalue weighted by Gasteiger charge is 2.12. The number of benzene rings is 1. The molecule has 0 atom stereocenters. The zero-order chi connectivity index (χ0) is 12.8. The third-order valence-electron chi connectivity index (χ3n) is 3.84. The lowest BCUT2D eigenvalue weighted by Crippen LogP contribution is -3.12. The van der Waals surface area contributed by atoms with Crippen LogP contribution in [0.25, 0.3) is 0 Å². The first-order valence-electron chi connectivity index (χ1n) is 7.29. The van der Waals surface area contributed by atoms with Crippen molar-refractivity contribution < 1.29 is 9.64 Å². The van der Waals surface area contributed by atoms with Crippen LogP contribution in [-0.4, -0.2) is 26.2 Å². The van der Waals surface area contributed by atoms with Crippen LogP contribution < -0.4 is 9.64 Å². The van der Waals surface area contributed by atoms with Crippen LogP contribution in [-0.2, 0) is 0 Å². The molecule has 2 rings (SSSR count). The predicted octanol–water partition coefficient (Wildman–Crippen LogP) is 2.14. The fourth-order valence-corrected chi connectivity index (χ4v) is 2.67. The van der Waals surface area contributed by atoms with Crippen molar-refractivity contribution in [2.75, 3.05) is 26.2 Å². The Kier molecular flexibility index (Phi) is 5.06. The zero-order valence-corrected chi connectivity index (χ0v) is 11.8. The molecule has 0 saturated carbocycles. The molecule has 100 valence electrons. The molecule has 1 aliphatic rings. The molecule has 0 aromatic heterocycles. The smallest absolute Gasteiger partial charge is 0.122 e. The van der Waals surface area contributed by atoms with Gasteiger partial charge in [0.1, 0.15) is 5.75 Å². The van der Waals surface area contributed by atoms with Crippen LogP contribution in [0, 0.1) is 13.8 Å². The van der Waals surface area contributed by atoms with E-state index in [9.17, 15) is 0 Å². The van der Waals surface area contributed by atoms with Gasteiger partial charge in [0.05, 0.1) is 26.2 Å². The molecule has 1 heterocycles. The van der Waals surface area contributed by atoms with Crippen molar-refractivity contribution in [1.29, 1.82) is 0 Å². The van der Waals surface area contributed by atoms with Crippen molar-refractivity contribution in [3.63, 3.8) is 0 Å². The van der Waals surface area contributed by atoms with Crippen molar-refractivity contribution >= 4 is 0 Å². The van der Waals surface area contributed by atoms with Crippen molar-refractivity contribution in [2.45, 2.75) is 39.5 Å². The van der Waals surface area contributed by atoms with Crippen LogP contribution in [0.2, 0.25) is 0 Å². The third-order valence-corrected chi connectivity index (χ3v) is 3.84. The maximum Gasteiger partial charge on any atom is 0.122 e. The Labute approximate surface area is 111 Å². The van der Waals surface area contributed by atoms with Crippen molar-refractivity contribution in [3.8, 4) is 5.75 Å². The van der Waals surface area contributed by atoms with Gasteiger partial charge in [-0.2, -0.15) is 0 Å². The normalized spacial score (nSPS) is 16.8. The van der Waals surface area contributed by atoms with E-state index in [1.54, 1.807) is 4.90 Å². The topological polar surface area (TPSA) is 13.7 Å². The molecular formula is C16H26NO+. The van der Waals surface area contributed by atoms with E-state index in [4.69, 9.17) is 4.74 Å². The Balaban J connectivity index is 1.69. The van der Waals surface area contributed by atoms with Gasteiger partial charge in [-0.15, -0.1) is 0 Å². The highest BCUT2D eigenvalue weighted by Crippen LogP contribution is 2.18. The number of hydrogen-bond acceptors (Lipinski definition) is 1. The quantitative estimate of drug-likeness (QED) is 0.788. The summed E-state index contributed by atoms with van der Waals surface area (Å²) in [7, 11) is 0. The molecule has 18 heavy (non-hydrogen) atoms. The monoisotopic (exact) mass is 248 g/mol. The van der Waals surface area contributed by atoms with E-state index < -0.39 is 0 Å². The maximum atomic E-state index is 5.90. The Hall–Kier alpha value is -1.02. The van der Waals surface area contributed by atoms with E-state index in [1.807, 2.05) is 0 Å². The molecule has 2 heteroatoms. The van der Waals surface area contributed by atoms with Gasteiger partial charge in [-0.3, -0.25) is 0 Å². The molecule has 1 aliphatic heterocycles. The van der Waals surface area contributed by atoms with E-state index in [0.717, 1.165) is 12.4 Å². The number of piperidine rings is 1. The summed E-state index contributed by atoms with van der Waals surface area (Å²) in [5.74, 6) is 1.06. The summed E-state index contributed by atoms with van der Waals surface area (Å²) >= 11 is 0. The molecule has 0 unspecified atom stereocenters. The molecular weight excluding hydrogens is 222 g/mol. The molecule has 1 aromatic rings. The van der Waals surface area contributed by atoms with Gasteiger partial charge in [0.15, 0.2) is 0 Å². The van der Waals surface area contributed by atoms with Crippen LogP contribution in [0.4, 0.5) is 0 Å². The maximum absolute atomic E-state index is 5.90. The first kappa shape index (κ1) is 13.4. The third kappa shape index (κ3) is 4.02. The van der Waals surface area contributed by atoms with Crippen LogP contribution >= 0.6 is 0 Å². The number of ether oxygens (including phenoxy) is 1. The molecule has 0 radical (unpaired) electrons. The Morgan fingerprint density at radius 1 is 1.11 bits per heavy atom. The van der Waals surface area contributed by atoms with Crippen LogP contribution in [0.1, 0.15) is 36.8 Å². The molecule has 1 N–H and O–H groups in total. The van der Waals surface area contributed by atoms with Gasteiger partial charge >= 0.3 is 0 Å². The first-order chi connectivity index (χ1) is 8.75. The van der Waals surface area contributed by atoms with Crippen molar-refractivity contribution in [1.82, 2.24) is 0 Å². The number of rotatable bonds is 5. The fourth-order valence-electron chi connectivity index (χ4n) is 2.67. The Morgan fingerprint density at radius 2 is 1.89 bits per heavy atom. The van der Waals surface area contributed by atoms with E-state index >= 15 is 0 Å². The molecule has 1 aromatic carbocycles. The van der Waals surface area contributed by atoms with Gasteiger partial charge in [-0.1, -0.05) is 12.1 Å². The lowest BCUT2D eigenvalue weighted by molar-refractivity contribution is -0.905. The van der Waals surface area contributed by atoms with Gasteiger partial charge in [-0.05, 0) is 50.3 Å². The lowest BCUT2D eigenvalue weighted by Gasteiger charge is -2.23. The van der Waals surface area contributed by atoms with Gasteiger partial charge in [0.25, 0.3) is 0 Å². The average molecular weight is 248 g/mol. The Morgan fingerprint density at radius 3 is 2.67 bits per heavy atom. The second-order valence-electron chi connectivity index (χ2n) is 5.53. The second-order valence-corrected chi connectivity index (χ2v) is 5.53. The van der Waals surface area contributed by atoms with Gasteiger partial charge in [0.2, 0.25) is 0 Å². The largest absolute Gasteiger partial charge is 0.493 e. The zero-order valence-electron chi connectivity index (χ0n) is 11.8. The van der Waals surface area contributed by atoms with Crippen LogP contribution in [0.15, 0.2) is 18.2 Å². The number of hydrogen-bond donors (Lipinski definition) is 1. The van der Waals surface area contributed by atoms with E-state index in [1.165, 1.54) is 56.4 Å². The average Bonchev–Trinajstić information content (AvgIpc) is 2.40. The molecule has 0 aliphatic carbocycles. The van der Waals surface area contributed by atoms with Crippen LogP contribution in [0.3, 0.4) is 0 Å². The summed E-state index contributed by atoms with van der Waals surface area (Å²) in [4.78, 5) is 1.77. The van der Waals surface area contributed by atoms with Gasteiger partial charge in [-0.25, -0.2) is 0 Å². The van der Waals surface area contributed by atoms with E-state index in [2.05, 4.69) is 32.0 Å². The predicted molar refractivity (Wildman–Crippen MR) is 75.4 cm³/mol. The summed E-state index contributed by atoms with van der Waals surface area (Å²) in [6.45, 7) is 9.08.